The number of ether oxygens (including phenoxy) is 4. The van der Waals surface area contributed by atoms with E-state index in [1.807, 2.05) is 13.8 Å². The third-order valence-corrected chi connectivity index (χ3v) is 3.32. The van der Waals surface area contributed by atoms with Gasteiger partial charge in [0.15, 0.2) is 0 Å². The van der Waals surface area contributed by atoms with Gasteiger partial charge >= 0.3 is 0 Å². The molecule has 1 unspecified atom stereocenters. The maximum absolute atomic E-state index is 11.3. The summed E-state index contributed by atoms with van der Waals surface area (Å²) >= 11 is 0. The average Bonchev–Trinajstić information content (AvgIpc) is 2.60. The lowest BCUT2D eigenvalue weighted by Crippen LogP contribution is -2.31. The predicted molar refractivity (Wildman–Crippen MR) is 98.4 cm³/mol. The van der Waals surface area contributed by atoms with Crippen LogP contribution in [-0.4, -0.2) is 65.3 Å². The Balaban J connectivity index is 3.16. The van der Waals surface area contributed by atoms with Gasteiger partial charge in [-0.3, -0.25) is 4.79 Å². The van der Waals surface area contributed by atoms with Crippen LogP contribution >= 0.6 is 0 Å². The minimum absolute atomic E-state index is 0.00594. The van der Waals surface area contributed by atoms with Crippen molar-refractivity contribution in [3.8, 4) is 11.8 Å². The summed E-state index contributed by atoms with van der Waals surface area (Å²) in [6, 6.07) is 0. The Morgan fingerprint density at radius 1 is 0.880 bits per heavy atom. The molecule has 0 bridgehead atoms. The zero-order chi connectivity index (χ0) is 18.8. The van der Waals surface area contributed by atoms with Crippen molar-refractivity contribution in [2.24, 2.45) is 11.8 Å². The molecule has 1 atom stereocenters. The molecule has 0 aromatic carbocycles. The molecule has 6 heteroatoms. The van der Waals surface area contributed by atoms with E-state index in [9.17, 15) is 4.79 Å². The topological polar surface area (TPSA) is 66.0 Å². The number of nitrogens with one attached hydrogen (secondary N) is 1. The molecule has 0 aliphatic heterocycles. The van der Waals surface area contributed by atoms with Gasteiger partial charge in [0.25, 0.3) is 0 Å². The molecule has 1 amide bonds. The minimum Gasteiger partial charge on any atom is -0.377 e. The SMILES string of the molecule is CCC(C)C#CCOCCOCCOCCOCCNC(=O)C(C)C. The molecule has 0 saturated heterocycles. The van der Waals surface area contributed by atoms with Crippen LogP contribution in [0.5, 0.6) is 0 Å². The maximum atomic E-state index is 11.3. The molecule has 0 aliphatic rings. The third-order valence-electron chi connectivity index (χ3n) is 3.32. The lowest BCUT2D eigenvalue weighted by Gasteiger charge is -2.09. The molecule has 146 valence electrons. The quantitative estimate of drug-likeness (QED) is 0.358. The van der Waals surface area contributed by atoms with E-state index in [0.29, 0.717) is 65.3 Å². The van der Waals surface area contributed by atoms with Crippen LogP contribution in [0.3, 0.4) is 0 Å². The molecular formula is C19H35NO5. The highest BCUT2D eigenvalue weighted by atomic mass is 16.6. The predicted octanol–water partition coefficient (Wildman–Crippen LogP) is 1.87. The summed E-state index contributed by atoms with van der Waals surface area (Å²) in [5.74, 6) is 6.60. The standard InChI is InChI=1S/C19H35NO5/c1-5-18(4)7-6-9-22-11-13-24-15-16-25-14-12-23-10-8-20-19(21)17(2)3/h17-18H,5,8-16H2,1-4H3,(H,20,21). The summed E-state index contributed by atoms with van der Waals surface area (Å²) in [6.45, 7) is 12.6. The second-order valence-corrected chi connectivity index (χ2v) is 5.97. The van der Waals surface area contributed by atoms with E-state index in [0.717, 1.165) is 6.42 Å². The highest BCUT2D eigenvalue weighted by Gasteiger charge is 2.04. The summed E-state index contributed by atoms with van der Waals surface area (Å²) in [4.78, 5) is 11.3. The van der Waals surface area contributed by atoms with Gasteiger partial charge < -0.3 is 24.3 Å². The zero-order valence-corrected chi connectivity index (χ0v) is 16.3. The lowest BCUT2D eigenvalue weighted by molar-refractivity contribution is -0.124. The van der Waals surface area contributed by atoms with Crippen LogP contribution in [0.4, 0.5) is 0 Å². The number of hydrogen-bond acceptors (Lipinski definition) is 5. The Kier molecular flexibility index (Phi) is 16.9. The van der Waals surface area contributed by atoms with Crippen LogP contribution in [0.15, 0.2) is 0 Å². The molecule has 1 N–H and O–H groups in total. The molecule has 0 aromatic rings. The Bertz CT molecular complexity index is 376. The van der Waals surface area contributed by atoms with E-state index in [-0.39, 0.29) is 11.8 Å². The highest BCUT2D eigenvalue weighted by molar-refractivity contribution is 5.77. The fourth-order valence-electron chi connectivity index (χ4n) is 1.55. The van der Waals surface area contributed by atoms with E-state index < -0.39 is 0 Å². The van der Waals surface area contributed by atoms with Crippen LogP contribution in [0.2, 0.25) is 0 Å². The molecule has 6 nitrogen and oxygen atoms in total. The smallest absolute Gasteiger partial charge is 0.222 e. The molecule has 0 spiro atoms. The molecule has 0 aromatic heterocycles. The van der Waals surface area contributed by atoms with Gasteiger partial charge in [-0.05, 0) is 6.42 Å². The van der Waals surface area contributed by atoms with Crippen molar-refractivity contribution in [1.29, 1.82) is 0 Å². The van der Waals surface area contributed by atoms with Crippen molar-refractivity contribution < 1.29 is 23.7 Å². The highest BCUT2D eigenvalue weighted by Crippen LogP contribution is 1.96. The summed E-state index contributed by atoms with van der Waals surface area (Å²) in [6.07, 6.45) is 1.07. The lowest BCUT2D eigenvalue weighted by atomic mass is 10.1. The van der Waals surface area contributed by atoms with Gasteiger partial charge in [-0.15, -0.1) is 0 Å². The number of hydrogen-bond donors (Lipinski definition) is 1. The molecule has 0 aliphatic carbocycles. The normalized spacial score (nSPS) is 11.9. The Morgan fingerprint density at radius 2 is 1.40 bits per heavy atom. The third kappa shape index (κ3) is 17.5. The van der Waals surface area contributed by atoms with Gasteiger partial charge in [-0.2, -0.15) is 0 Å². The zero-order valence-electron chi connectivity index (χ0n) is 16.3. The number of amides is 1. The van der Waals surface area contributed by atoms with Crippen LogP contribution in [0.1, 0.15) is 34.1 Å². The van der Waals surface area contributed by atoms with E-state index in [4.69, 9.17) is 18.9 Å². The summed E-state index contributed by atoms with van der Waals surface area (Å²) in [5.41, 5.74) is 0. The number of carbonyl (C=O) groups excluding carboxylic acids is 1. The minimum atomic E-state index is 0.00594. The van der Waals surface area contributed by atoms with Crippen molar-refractivity contribution in [3.05, 3.63) is 0 Å². The van der Waals surface area contributed by atoms with E-state index in [1.165, 1.54) is 0 Å². The van der Waals surface area contributed by atoms with E-state index >= 15 is 0 Å². The fourth-order valence-corrected chi connectivity index (χ4v) is 1.55. The van der Waals surface area contributed by atoms with Crippen molar-refractivity contribution in [3.63, 3.8) is 0 Å². The van der Waals surface area contributed by atoms with Gasteiger partial charge in [-0.1, -0.05) is 39.5 Å². The fraction of sp³-hybridized carbons (Fsp3) is 0.842. The first-order valence-electron chi connectivity index (χ1n) is 9.15. The van der Waals surface area contributed by atoms with E-state index in [2.05, 4.69) is 31.0 Å². The molecule has 0 radical (unpaired) electrons. The van der Waals surface area contributed by atoms with Gasteiger partial charge in [0.1, 0.15) is 6.61 Å². The first-order valence-corrected chi connectivity index (χ1v) is 9.15. The molecule has 0 saturated carbocycles. The largest absolute Gasteiger partial charge is 0.377 e. The molecular weight excluding hydrogens is 322 g/mol. The van der Waals surface area contributed by atoms with Gasteiger partial charge in [-0.25, -0.2) is 0 Å². The average molecular weight is 357 g/mol. The van der Waals surface area contributed by atoms with Crippen LogP contribution < -0.4 is 5.32 Å². The summed E-state index contributed by atoms with van der Waals surface area (Å²) in [7, 11) is 0. The number of carbonyl (C=O) groups is 1. The Labute approximate surface area is 152 Å². The monoisotopic (exact) mass is 357 g/mol. The van der Waals surface area contributed by atoms with Crippen LogP contribution in [0.25, 0.3) is 0 Å². The van der Waals surface area contributed by atoms with E-state index in [1.54, 1.807) is 0 Å². The van der Waals surface area contributed by atoms with Crippen molar-refractivity contribution in [2.75, 3.05) is 59.4 Å². The molecule has 25 heavy (non-hydrogen) atoms. The molecule has 0 rings (SSSR count). The number of rotatable bonds is 15. The molecule has 0 heterocycles. The van der Waals surface area contributed by atoms with Crippen molar-refractivity contribution >= 4 is 5.91 Å². The molecule has 0 fully saturated rings. The second-order valence-electron chi connectivity index (χ2n) is 5.97. The Morgan fingerprint density at radius 3 is 1.92 bits per heavy atom. The van der Waals surface area contributed by atoms with Gasteiger partial charge in [0.2, 0.25) is 5.91 Å². The van der Waals surface area contributed by atoms with Crippen LogP contribution in [-0.2, 0) is 23.7 Å². The van der Waals surface area contributed by atoms with Gasteiger partial charge in [0.05, 0.1) is 46.2 Å². The first-order chi connectivity index (χ1) is 12.1. The maximum Gasteiger partial charge on any atom is 0.222 e. The Hall–Kier alpha value is -1.13. The van der Waals surface area contributed by atoms with Crippen molar-refractivity contribution in [1.82, 2.24) is 5.32 Å². The van der Waals surface area contributed by atoms with Crippen molar-refractivity contribution in [2.45, 2.75) is 34.1 Å². The van der Waals surface area contributed by atoms with Crippen LogP contribution in [0, 0.1) is 23.7 Å². The summed E-state index contributed by atoms with van der Waals surface area (Å²) < 4.78 is 21.5. The summed E-state index contributed by atoms with van der Waals surface area (Å²) in [5, 5.41) is 2.79. The van der Waals surface area contributed by atoms with Gasteiger partial charge in [0, 0.05) is 18.4 Å². The first kappa shape index (κ1) is 23.9. The second kappa shape index (κ2) is 17.7.